The van der Waals surface area contributed by atoms with Crippen molar-refractivity contribution in [2.45, 2.75) is 25.5 Å². The first-order valence-electron chi connectivity index (χ1n) is 8.15. The van der Waals surface area contributed by atoms with Gasteiger partial charge in [0.05, 0.1) is 12.6 Å². The fraction of sp³-hybridized carbons (Fsp3) is 0.688. The molecule has 1 atom stereocenters. The normalized spacial score (nSPS) is 23.7. The van der Waals surface area contributed by atoms with Gasteiger partial charge in [-0.25, -0.2) is 0 Å². The summed E-state index contributed by atoms with van der Waals surface area (Å²) in [4.78, 5) is 18.1. The maximum absolute atomic E-state index is 12.0. The van der Waals surface area contributed by atoms with Gasteiger partial charge in [0, 0.05) is 50.8 Å². The first kappa shape index (κ1) is 15.9. The molecule has 3 rings (SSSR count). The van der Waals surface area contributed by atoms with Crippen molar-refractivity contribution in [1.82, 2.24) is 15.1 Å². The van der Waals surface area contributed by atoms with Crippen LogP contribution >= 0.6 is 11.3 Å². The van der Waals surface area contributed by atoms with Gasteiger partial charge >= 0.3 is 0 Å². The Labute approximate surface area is 136 Å². The number of amides is 1. The minimum Gasteiger partial charge on any atom is -0.376 e. The Hall–Kier alpha value is -0.950. The van der Waals surface area contributed by atoms with E-state index in [1.165, 1.54) is 4.88 Å². The van der Waals surface area contributed by atoms with E-state index in [2.05, 4.69) is 32.6 Å². The quantitative estimate of drug-likeness (QED) is 0.853. The van der Waals surface area contributed by atoms with Crippen LogP contribution in [0.3, 0.4) is 0 Å². The van der Waals surface area contributed by atoms with Gasteiger partial charge in [0.25, 0.3) is 0 Å². The largest absolute Gasteiger partial charge is 0.376 e. The lowest BCUT2D eigenvalue weighted by Gasteiger charge is -2.34. The van der Waals surface area contributed by atoms with Gasteiger partial charge in [-0.15, -0.1) is 11.3 Å². The lowest BCUT2D eigenvalue weighted by atomic mass is 10.2. The maximum Gasteiger partial charge on any atom is 0.234 e. The highest BCUT2D eigenvalue weighted by Crippen LogP contribution is 2.13. The van der Waals surface area contributed by atoms with Gasteiger partial charge in [-0.3, -0.25) is 14.6 Å². The van der Waals surface area contributed by atoms with Crippen molar-refractivity contribution in [2.24, 2.45) is 0 Å². The number of carbonyl (C=O) groups is 1. The number of rotatable bonds is 6. The van der Waals surface area contributed by atoms with Crippen LogP contribution in [0.15, 0.2) is 17.5 Å². The van der Waals surface area contributed by atoms with E-state index in [1.54, 1.807) is 0 Å². The molecule has 1 amide bonds. The Bertz CT molecular complexity index is 452. The number of carbonyl (C=O) groups excluding carboxylic acids is 1. The fourth-order valence-electron chi connectivity index (χ4n) is 3.02. The zero-order chi connectivity index (χ0) is 15.2. The Balaban J connectivity index is 1.32. The second-order valence-corrected chi connectivity index (χ2v) is 7.10. The second kappa shape index (κ2) is 8.06. The molecule has 1 aromatic heterocycles. The number of piperazine rings is 1. The predicted molar refractivity (Wildman–Crippen MR) is 88.0 cm³/mol. The highest BCUT2D eigenvalue weighted by Gasteiger charge is 2.20. The highest BCUT2D eigenvalue weighted by atomic mass is 32.1. The Kier molecular flexibility index (Phi) is 5.83. The molecule has 2 aliphatic rings. The van der Waals surface area contributed by atoms with E-state index in [-0.39, 0.29) is 12.0 Å². The van der Waals surface area contributed by atoms with E-state index in [1.807, 2.05) is 11.3 Å². The average molecular weight is 323 g/mol. The Morgan fingerprint density at radius 1 is 1.32 bits per heavy atom. The van der Waals surface area contributed by atoms with Gasteiger partial charge in [0.1, 0.15) is 0 Å². The third kappa shape index (κ3) is 4.78. The summed E-state index contributed by atoms with van der Waals surface area (Å²) in [5, 5.41) is 5.13. The van der Waals surface area contributed by atoms with Gasteiger partial charge in [-0.1, -0.05) is 6.07 Å². The molecule has 0 radical (unpaired) electrons. The SMILES string of the molecule is O=C(CN1CCN(Cc2cccs2)CC1)NCC1CCCO1. The van der Waals surface area contributed by atoms with Gasteiger partial charge in [-0.05, 0) is 24.3 Å². The molecule has 2 saturated heterocycles. The lowest BCUT2D eigenvalue weighted by molar-refractivity contribution is -0.123. The van der Waals surface area contributed by atoms with E-state index in [9.17, 15) is 4.79 Å². The second-order valence-electron chi connectivity index (χ2n) is 6.07. The van der Waals surface area contributed by atoms with Crippen LogP contribution in [-0.2, 0) is 16.1 Å². The molecule has 0 aromatic carbocycles. The smallest absolute Gasteiger partial charge is 0.234 e. The predicted octanol–water partition coefficient (Wildman–Crippen LogP) is 1.16. The lowest BCUT2D eigenvalue weighted by Crippen LogP contribution is -2.49. The summed E-state index contributed by atoms with van der Waals surface area (Å²) in [6.07, 6.45) is 2.42. The minimum atomic E-state index is 0.127. The third-order valence-corrected chi connectivity index (χ3v) is 5.20. The molecule has 0 saturated carbocycles. The zero-order valence-electron chi connectivity index (χ0n) is 13.0. The summed E-state index contributed by atoms with van der Waals surface area (Å²) < 4.78 is 5.52. The van der Waals surface area contributed by atoms with Crippen molar-refractivity contribution in [3.05, 3.63) is 22.4 Å². The number of nitrogens with one attached hydrogen (secondary N) is 1. The first-order chi connectivity index (χ1) is 10.8. The number of thiophene rings is 1. The van der Waals surface area contributed by atoms with Crippen molar-refractivity contribution in [1.29, 1.82) is 0 Å². The first-order valence-corrected chi connectivity index (χ1v) is 9.03. The molecule has 5 nitrogen and oxygen atoms in total. The molecule has 0 spiro atoms. The van der Waals surface area contributed by atoms with Gasteiger partial charge in [0.15, 0.2) is 0 Å². The molecule has 0 aliphatic carbocycles. The molecule has 1 unspecified atom stereocenters. The molecule has 2 fully saturated rings. The van der Waals surface area contributed by atoms with Crippen LogP contribution < -0.4 is 5.32 Å². The van der Waals surface area contributed by atoms with Crippen molar-refractivity contribution >= 4 is 17.2 Å². The third-order valence-electron chi connectivity index (χ3n) is 4.34. The summed E-state index contributed by atoms with van der Waals surface area (Å²) in [7, 11) is 0. The van der Waals surface area contributed by atoms with Crippen molar-refractivity contribution in [3.8, 4) is 0 Å². The summed E-state index contributed by atoms with van der Waals surface area (Å²) in [5.74, 6) is 0.127. The van der Waals surface area contributed by atoms with E-state index in [4.69, 9.17) is 4.74 Å². The number of nitrogens with zero attached hydrogens (tertiary/aromatic N) is 2. The maximum atomic E-state index is 12.0. The summed E-state index contributed by atoms with van der Waals surface area (Å²) >= 11 is 1.82. The molecule has 0 bridgehead atoms. The zero-order valence-corrected chi connectivity index (χ0v) is 13.8. The Morgan fingerprint density at radius 2 is 2.14 bits per heavy atom. The van der Waals surface area contributed by atoms with Crippen molar-refractivity contribution in [3.63, 3.8) is 0 Å². The van der Waals surface area contributed by atoms with Crippen LogP contribution in [-0.4, -0.2) is 67.7 Å². The van der Waals surface area contributed by atoms with Crippen LogP contribution in [0.4, 0.5) is 0 Å². The van der Waals surface area contributed by atoms with Gasteiger partial charge in [0.2, 0.25) is 5.91 Å². The number of hydrogen-bond acceptors (Lipinski definition) is 5. The molecular weight excluding hydrogens is 298 g/mol. The topological polar surface area (TPSA) is 44.8 Å². The molecular formula is C16H25N3O2S. The van der Waals surface area contributed by atoms with Crippen LogP contribution in [0, 0.1) is 0 Å². The van der Waals surface area contributed by atoms with E-state index in [0.29, 0.717) is 13.1 Å². The molecule has 2 aliphatic heterocycles. The van der Waals surface area contributed by atoms with Crippen LogP contribution in [0.5, 0.6) is 0 Å². The minimum absolute atomic E-state index is 0.127. The van der Waals surface area contributed by atoms with Crippen LogP contribution in [0.25, 0.3) is 0 Å². The molecule has 1 N–H and O–H groups in total. The molecule has 22 heavy (non-hydrogen) atoms. The van der Waals surface area contributed by atoms with Gasteiger partial charge in [-0.2, -0.15) is 0 Å². The molecule has 1 aromatic rings. The summed E-state index contributed by atoms with van der Waals surface area (Å²) in [5.41, 5.74) is 0. The number of hydrogen-bond donors (Lipinski definition) is 1. The van der Waals surface area contributed by atoms with E-state index in [0.717, 1.165) is 52.2 Å². The van der Waals surface area contributed by atoms with E-state index >= 15 is 0 Å². The van der Waals surface area contributed by atoms with Crippen molar-refractivity contribution in [2.75, 3.05) is 45.9 Å². The standard InChI is InChI=1S/C16H25N3O2S/c20-16(17-11-14-3-1-9-21-14)13-19-7-5-18(6-8-19)12-15-4-2-10-22-15/h2,4,10,14H,1,3,5-9,11-13H2,(H,17,20). The monoisotopic (exact) mass is 323 g/mol. The van der Waals surface area contributed by atoms with Crippen molar-refractivity contribution < 1.29 is 9.53 Å². The summed E-state index contributed by atoms with van der Waals surface area (Å²) in [6, 6.07) is 4.30. The Morgan fingerprint density at radius 3 is 2.82 bits per heavy atom. The highest BCUT2D eigenvalue weighted by molar-refractivity contribution is 7.09. The summed E-state index contributed by atoms with van der Waals surface area (Å²) in [6.45, 7) is 7.07. The molecule has 122 valence electrons. The average Bonchev–Trinajstić information content (AvgIpc) is 3.20. The fourth-order valence-corrected chi connectivity index (χ4v) is 3.77. The van der Waals surface area contributed by atoms with Crippen LogP contribution in [0.2, 0.25) is 0 Å². The molecule has 3 heterocycles. The number of ether oxygens (including phenoxy) is 1. The van der Waals surface area contributed by atoms with Crippen LogP contribution in [0.1, 0.15) is 17.7 Å². The van der Waals surface area contributed by atoms with Gasteiger partial charge < -0.3 is 10.1 Å². The van der Waals surface area contributed by atoms with E-state index < -0.39 is 0 Å². The molecule has 6 heteroatoms.